The highest BCUT2D eigenvalue weighted by Gasteiger charge is 2.31. The van der Waals surface area contributed by atoms with Gasteiger partial charge in [-0.25, -0.2) is 0 Å². The lowest BCUT2D eigenvalue weighted by atomic mass is 9.94. The zero-order chi connectivity index (χ0) is 19.5. The van der Waals surface area contributed by atoms with Crippen LogP contribution in [0.5, 0.6) is 11.5 Å². The molecule has 1 aliphatic rings. The topological polar surface area (TPSA) is 59.1 Å². The number of hydrogen-bond acceptors (Lipinski definition) is 4. The standard InChI is InChI=1S/C20H30N2O4/c1-14-11-17(26-6)15(12-16(14)25-5)13-18(23)21-7-9-22(10-8-21)19(24)20(2,3)4/h11-12H,7-10,13H2,1-6H3. The second kappa shape index (κ2) is 7.98. The molecule has 1 aromatic carbocycles. The van der Waals surface area contributed by atoms with Crippen molar-refractivity contribution in [2.24, 2.45) is 5.41 Å². The van der Waals surface area contributed by atoms with Crippen LogP contribution in [-0.4, -0.2) is 62.0 Å². The number of benzene rings is 1. The van der Waals surface area contributed by atoms with Crippen molar-refractivity contribution < 1.29 is 19.1 Å². The minimum absolute atomic E-state index is 0.0389. The van der Waals surface area contributed by atoms with Gasteiger partial charge in [-0.15, -0.1) is 0 Å². The van der Waals surface area contributed by atoms with Crippen molar-refractivity contribution in [1.82, 2.24) is 9.80 Å². The van der Waals surface area contributed by atoms with Gasteiger partial charge in [-0.05, 0) is 24.6 Å². The van der Waals surface area contributed by atoms with E-state index in [0.29, 0.717) is 31.9 Å². The van der Waals surface area contributed by atoms with Gasteiger partial charge in [-0.3, -0.25) is 9.59 Å². The lowest BCUT2D eigenvalue weighted by Gasteiger charge is -2.37. The lowest BCUT2D eigenvalue weighted by Crippen LogP contribution is -2.53. The number of nitrogens with zero attached hydrogens (tertiary/aromatic N) is 2. The summed E-state index contributed by atoms with van der Waals surface area (Å²) in [5.41, 5.74) is 1.39. The Morgan fingerprint density at radius 3 is 2.00 bits per heavy atom. The fourth-order valence-corrected chi connectivity index (χ4v) is 3.16. The summed E-state index contributed by atoms with van der Waals surface area (Å²) in [5.74, 6) is 1.61. The maximum atomic E-state index is 12.7. The lowest BCUT2D eigenvalue weighted by molar-refractivity contribution is -0.144. The molecule has 6 nitrogen and oxygen atoms in total. The van der Waals surface area contributed by atoms with E-state index < -0.39 is 5.41 Å². The van der Waals surface area contributed by atoms with Gasteiger partial charge in [-0.1, -0.05) is 20.8 Å². The predicted octanol–water partition coefficient (Wildman–Crippen LogP) is 2.27. The van der Waals surface area contributed by atoms with E-state index in [9.17, 15) is 9.59 Å². The van der Waals surface area contributed by atoms with Crippen LogP contribution in [0.25, 0.3) is 0 Å². The molecule has 0 aliphatic carbocycles. The average molecular weight is 362 g/mol. The Labute approximate surface area is 156 Å². The summed E-state index contributed by atoms with van der Waals surface area (Å²) in [7, 11) is 3.22. The van der Waals surface area contributed by atoms with E-state index in [1.165, 1.54) is 0 Å². The molecule has 0 saturated carbocycles. The number of amides is 2. The van der Waals surface area contributed by atoms with Crippen LogP contribution in [0.1, 0.15) is 31.9 Å². The zero-order valence-electron chi connectivity index (χ0n) is 16.7. The molecule has 0 unspecified atom stereocenters. The summed E-state index contributed by atoms with van der Waals surface area (Å²) in [6.45, 7) is 9.99. The minimum Gasteiger partial charge on any atom is -0.496 e. The molecular weight excluding hydrogens is 332 g/mol. The number of methoxy groups -OCH3 is 2. The first-order valence-electron chi connectivity index (χ1n) is 8.96. The molecule has 1 aromatic rings. The third-order valence-electron chi connectivity index (χ3n) is 4.70. The maximum absolute atomic E-state index is 12.7. The quantitative estimate of drug-likeness (QED) is 0.824. The van der Waals surface area contributed by atoms with Gasteiger partial charge in [0.25, 0.3) is 0 Å². The fraction of sp³-hybridized carbons (Fsp3) is 0.600. The Kier molecular flexibility index (Phi) is 6.16. The van der Waals surface area contributed by atoms with E-state index in [0.717, 1.165) is 16.9 Å². The highest BCUT2D eigenvalue weighted by molar-refractivity contribution is 5.83. The number of hydrogen-bond donors (Lipinski definition) is 0. The van der Waals surface area contributed by atoms with Crippen molar-refractivity contribution in [2.45, 2.75) is 34.1 Å². The number of aryl methyl sites for hydroxylation is 1. The molecule has 0 aromatic heterocycles. The second-order valence-corrected chi connectivity index (χ2v) is 7.73. The third kappa shape index (κ3) is 4.48. The number of piperazine rings is 1. The van der Waals surface area contributed by atoms with Crippen LogP contribution in [-0.2, 0) is 16.0 Å². The van der Waals surface area contributed by atoms with Crippen LogP contribution in [0.4, 0.5) is 0 Å². The van der Waals surface area contributed by atoms with Crippen LogP contribution in [0.3, 0.4) is 0 Å². The first-order valence-corrected chi connectivity index (χ1v) is 8.96. The van der Waals surface area contributed by atoms with Crippen LogP contribution < -0.4 is 9.47 Å². The van der Waals surface area contributed by atoms with Gasteiger partial charge < -0.3 is 19.3 Å². The van der Waals surface area contributed by atoms with Gasteiger partial charge in [0.05, 0.1) is 20.6 Å². The molecule has 0 spiro atoms. The third-order valence-corrected chi connectivity index (χ3v) is 4.70. The van der Waals surface area contributed by atoms with E-state index in [-0.39, 0.29) is 18.2 Å². The zero-order valence-corrected chi connectivity index (χ0v) is 16.7. The predicted molar refractivity (Wildman–Crippen MR) is 101 cm³/mol. The molecule has 1 aliphatic heterocycles. The Balaban J connectivity index is 2.03. The van der Waals surface area contributed by atoms with E-state index in [1.807, 2.05) is 49.6 Å². The summed E-state index contributed by atoms with van der Waals surface area (Å²) in [6.07, 6.45) is 0.257. The SMILES string of the molecule is COc1cc(CC(=O)N2CCN(C(=O)C(C)(C)C)CC2)c(OC)cc1C. The van der Waals surface area contributed by atoms with Gasteiger partial charge in [-0.2, -0.15) is 0 Å². The molecule has 2 amide bonds. The molecule has 1 fully saturated rings. The highest BCUT2D eigenvalue weighted by atomic mass is 16.5. The molecule has 1 saturated heterocycles. The molecule has 26 heavy (non-hydrogen) atoms. The normalized spacial score (nSPS) is 15.0. The van der Waals surface area contributed by atoms with Crippen molar-refractivity contribution in [3.8, 4) is 11.5 Å². The van der Waals surface area contributed by atoms with Gasteiger partial charge in [0.2, 0.25) is 11.8 Å². The highest BCUT2D eigenvalue weighted by Crippen LogP contribution is 2.29. The molecular formula is C20H30N2O4. The molecule has 2 rings (SSSR count). The van der Waals surface area contributed by atoms with Crippen LogP contribution in [0, 0.1) is 12.3 Å². The fourth-order valence-electron chi connectivity index (χ4n) is 3.16. The summed E-state index contributed by atoms with van der Waals surface area (Å²) >= 11 is 0. The summed E-state index contributed by atoms with van der Waals surface area (Å²) < 4.78 is 10.8. The smallest absolute Gasteiger partial charge is 0.228 e. The Morgan fingerprint density at radius 2 is 1.50 bits per heavy atom. The van der Waals surface area contributed by atoms with E-state index in [2.05, 4.69) is 0 Å². The van der Waals surface area contributed by atoms with Gasteiger partial charge in [0, 0.05) is 37.2 Å². The average Bonchev–Trinajstić information content (AvgIpc) is 2.61. The number of carbonyl (C=O) groups is 2. The molecule has 0 N–H and O–H groups in total. The van der Waals surface area contributed by atoms with E-state index in [4.69, 9.17) is 9.47 Å². The van der Waals surface area contributed by atoms with Gasteiger partial charge in [0.15, 0.2) is 0 Å². The largest absolute Gasteiger partial charge is 0.496 e. The van der Waals surface area contributed by atoms with Gasteiger partial charge >= 0.3 is 0 Å². The Bertz CT molecular complexity index is 671. The van der Waals surface area contributed by atoms with Gasteiger partial charge in [0.1, 0.15) is 11.5 Å². The molecule has 0 atom stereocenters. The van der Waals surface area contributed by atoms with Crippen molar-refractivity contribution in [2.75, 3.05) is 40.4 Å². The molecule has 144 valence electrons. The summed E-state index contributed by atoms with van der Waals surface area (Å²) in [6, 6.07) is 3.76. The Morgan fingerprint density at radius 1 is 0.962 bits per heavy atom. The molecule has 6 heteroatoms. The monoisotopic (exact) mass is 362 g/mol. The van der Waals surface area contributed by atoms with Crippen molar-refractivity contribution in [1.29, 1.82) is 0 Å². The van der Waals surface area contributed by atoms with E-state index in [1.54, 1.807) is 14.2 Å². The molecule has 1 heterocycles. The van der Waals surface area contributed by atoms with Crippen LogP contribution in [0.15, 0.2) is 12.1 Å². The molecule has 0 radical (unpaired) electrons. The van der Waals surface area contributed by atoms with E-state index >= 15 is 0 Å². The number of ether oxygens (including phenoxy) is 2. The first-order chi connectivity index (χ1) is 12.2. The minimum atomic E-state index is -0.391. The molecule has 0 bridgehead atoms. The van der Waals surface area contributed by atoms with Crippen LogP contribution >= 0.6 is 0 Å². The summed E-state index contributed by atoms with van der Waals surface area (Å²) in [4.78, 5) is 28.7. The van der Waals surface area contributed by atoms with Crippen molar-refractivity contribution in [3.05, 3.63) is 23.3 Å². The maximum Gasteiger partial charge on any atom is 0.228 e. The number of rotatable bonds is 4. The summed E-state index contributed by atoms with van der Waals surface area (Å²) in [5, 5.41) is 0. The van der Waals surface area contributed by atoms with Crippen molar-refractivity contribution >= 4 is 11.8 Å². The van der Waals surface area contributed by atoms with Crippen molar-refractivity contribution in [3.63, 3.8) is 0 Å². The first kappa shape index (κ1) is 20.1. The number of carbonyl (C=O) groups excluding carboxylic acids is 2. The Hall–Kier alpha value is -2.24. The van der Waals surface area contributed by atoms with Crippen LogP contribution in [0.2, 0.25) is 0 Å². The second-order valence-electron chi connectivity index (χ2n) is 7.73.